The molecule has 1 aromatic heterocycles. The minimum Gasteiger partial charge on any atom is -0.465 e. The van der Waals surface area contributed by atoms with E-state index in [0.717, 1.165) is 22.6 Å². The second-order valence-corrected chi connectivity index (χ2v) is 8.35. The van der Waals surface area contributed by atoms with Gasteiger partial charge in [0.2, 0.25) is 0 Å². The molecule has 1 aliphatic heterocycles. The molecule has 0 spiro atoms. The Morgan fingerprint density at radius 2 is 2.22 bits per heavy atom. The molecule has 0 radical (unpaired) electrons. The molecule has 0 amide bonds. The highest BCUT2D eigenvalue weighted by Crippen LogP contribution is 2.42. The average molecular weight is 391 g/mol. The monoisotopic (exact) mass is 390 g/mol. The van der Waals surface area contributed by atoms with E-state index in [1.165, 1.54) is 11.8 Å². The van der Waals surface area contributed by atoms with Crippen LogP contribution in [0.1, 0.15) is 40.0 Å². The third-order valence-electron chi connectivity index (χ3n) is 4.83. The molecule has 0 aliphatic carbocycles. The van der Waals surface area contributed by atoms with Crippen molar-refractivity contribution in [3.05, 3.63) is 24.3 Å². The number of H-pyrrole nitrogens is 1. The zero-order chi connectivity index (χ0) is 19.4. The Hall–Kier alpha value is -2.02. The van der Waals surface area contributed by atoms with Gasteiger partial charge in [0, 0.05) is 12.2 Å². The van der Waals surface area contributed by atoms with Gasteiger partial charge in [-0.15, -0.1) is 0 Å². The fourth-order valence-corrected chi connectivity index (χ4v) is 4.19. The second-order valence-electron chi connectivity index (χ2n) is 7.34. The normalized spacial score (nSPS) is 22.4. The number of aromatic amines is 1. The highest BCUT2D eigenvalue weighted by molar-refractivity contribution is 7.99. The van der Waals surface area contributed by atoms with E-state index in [0.29, 0.717) is 24.5 Å². The Morgan fingerprint density at radius 3 is 2.93 bits per heavy atom. The van der Waals surface area contributed by atoms with Gasteiger partial charge in [0.1, 0.15) is 6.10 Å². The third-order valence-corrected chi connectivity index (χ3v) is 5.83. The van der Waals surface area contributed by atoms with Gasteiger partial charge in [-0.1, -0.05) is 37.7 Å². The molecule has 1 saturated heterocycles. The molecule has 7 heteroatoms. The van der Waals surface area contributed by atoms with Crippen LogP contribution in [0.3, 0.4) is 0 Å². The molecule has 1 aromatic carbocycles. The van der Waals surface area contributed by atoms with Crippen LogP contribution in [0.15, 0.2) is 29.4 Å². The highest BCUT2D eigenvalue weighted by Gasteiger charge is 2.55. The van der Waals surface area contributed by atoms with Crippen LogP contribution in [0.4, 0.5) is 0 Å². The molecular weight excluding hydrogens is 364 g/mol. The van der Waals surface area contributed by atoms with Gasteiger partial charge in [0.15, 0.2) is 10.6 Å². The first-order valence-corrected chi connectivity index (χ1v) is 10.4. The zero-order valence-corrected chi connectivity index (χ0v) is 16.8. The second kappa shape index (κ2) is 8.33. The summed E-state index contributed by atoms with van der Waals surface area (Å²) in [6.07, 6.45) is 1.28. The van der Waals surface area contributed by atoms with Crippen molar-refractivity contribution in [3.8, 4) is 0 Å². The Bertz CT molecular complexity index is 786. The number of imidazole rings is 1. The molecule has 1 aliphatic rings. The Labute approximate surface area is 163 Å². The lowest BCUT2D eigenvalue weighted by Gasteiger charge is -2.23. The van der Waals surface area contributed by atoms with Gasteiger partial charge >= 0.3 is 11.9 Å². The van der Waals surface area contributed by atoms with E-state index in [4.69, 9.17) is 9.47 Å². The molecule has 0 saturated carbocycles. The molecule has 2 aromatic rings. The van der Waals surface area contributed by atoms with Crippen molar-refractivity contribution in [1.82, 2.24) is 9.97 Å². The maximum Gasteiger partial charge on any atom is 0.323 e. The number of benzene rings is 1. The van der Waals surface area contributed by atoms with E-state index in [-0.39, 0.29) is 12.7 Å². The number of fused-ring (bicyclic) bond motifs is 1. The first-order valence-electron chi connectivity index (χ1n) is 9.40. The zero-order valence-electron chi connectivity index (χ0n) is 16.0. The summed E-state index contributed by atoms with van der Waals surface area (Å²) in [5.41, 5.74) is 0.710. The summed E-state index contributed by atoms with van der Waals surface area (Å²) in [5, 5.41) is 0.781. The molecule has 3 rings (SSSR count). The lowest BCUT2D eigenvalue weighted by molar-refractivity contribution is -0.165. The number of esters is 2. The standard InChI is InChI=1S/C20H26N2O4S/c1-4-25-17(23)20(10-9-13(2)3)11-14(26-18(20)24)12-27-19-21-15-7-5-6-8-16(15)22-19/h5-8,13-14H,4,9-12H2,1-3H3,(H,21,22)/t14-,20+/m0/s1. The SMILES string of the molecule is CCOC(=O)[C@@]1(CCC(C)C)C[C@@H](CSc2nc3ccccc3[nH]2)OC1=O. The number of para-hydroxylation sites is 2. The van der Waals surface area contributed by atoms with Crippen molar-refractivity contribution in [2.45, 2.75) is 51.3 Å². The Morgan fingerprint density at radius 1 is 1.44 bits per heavy atom. The van der Waals surface area contributed by atoms with Crippen LogP contribution in [0.2, 0.25) is 0 Å². The van der Waals surface area contributed by atoms with Gasteiger partial charge in [-0.3, -0.25) is 9.59 Å². The Balaban J connectivity index is 1.68. The van der Waals surface area contributed by atoms with Crippen molar-refractivity contribution in [2.75, 3.05) is 12.4 Å². The first-order chi connectivity index (χ1) is 12.9. The molecule has 0 unspecified atom stereocenters. The van der Waals surface area contributed by atoms with Gasteiger partial charge in [-0.2, -0.15) is 0 Å². The molecule has 2 heterocycles. The fraction of sp³-hybridized carbons (Fsp3) is 0.550. The van der Waals surface area contributed by atoms with Crippen molar-refractivity contribution in [2.24, 2.45) is 11.3 Å². The van der Waals surface area contributed by atoms with E-state index in [9.17, 15) is 9.59 Å². The van der Waals surface area contributed by atoms with Crippen molar-refractivity contribution < 1.29 is 19.1 Å². The molecule has 146 valence electrons. The first kappa shape index (κ1) is 19.7. The maximum absolute atomic E-state index is 12.6. The summed E-state index contributed by atoms with van der Waals surface area (Å²) in [5.74, 6) is 0.0470. The van der Waals surface area contributed by atoms with Crippen LogP contribution in [0.5, 0.6) is 0 Å². The van der Waals surface area contributed by atoms with E-state index < -0.39 is 17.4 Å². The lowest BCUT2D eigenvalue weighted by atomic mass is 9.79. The number of nitrogens with one attached hydrogen (secondary N) is 1. The highest BCUT2D eigenvalue weighted by atomic mass is 32.2. The topological polar surface area (TPSA) is 81.3 Å². The summed E-state index contributed by atoms with van der Waals surface area (Å²) >= 11 is 1.50. The largest absolute Gasteiger partial charge is 0.465 e. The number of aromatic nitrogens is 2. The third kappa shape index (κ3) is 4.29. The summed E-state index contributed by atoms with van der Waals surface area (Å²) < 4.78 is 10.8. The molecule has 2 atom stereocenters. The minimum atomic E-state index is -1.17. The molecule has 0 bridgehead atoms. The molecular formula is C20H26N2O4S. The fourth-order valence-electron chi connectivity index (χ4n) is 3.32. The smallest absolute Gasteiger partial charge is 0.323 e. The van der Waals surface area contributed by atoms with Crippen LogP contribution in [0, 0.1) is 11.3 Å². The van der Waals surface area contributed by atoms with E-state index in [2.05, 4.69) is 23.8 Å². The number of hydrogen-bond donors (Lipinski definition) is 1. The number of ether oxygens (including phenoxy) is 2. The summed E-state index contributed by atoms with van der Waals surface area (Å²) in [4.78, 5) is 33.0. The van der Waals surface area contributed by atoms with Gasteiger partial charge in [0.25, 0.3) is 0 Å². The van der Waals surface area contributed by atoms with Gasteiger partial charge in [0.05, 0.1) is 17.6 Å². The molecule has 1 N–H and O–H groups in total. The number of cyclic esters (lactones) is 1. The minimum absolute atomic E-state index is 0.258. The molecule has 6 nitrogen and oxygen atoms in total. The van der Waals surface area contributed by atoms with Crippen LogP contribution < -0.4 is 0 Å². The van der Waals surface area contributed by atoms with Crippen LogP contribution in [-0.4, -0.2) is 40.4 Å². The van der Waals surface area contributed by atoms with E-state index >= 15 is 0 Å². The van der Waals surface area contributed by atoms with E-state index in [1.54, 1.807) is 6.92 Å². The number of nitrogens with zero attached hydrogens (tertiary/aromatic N) is 1. The molecule has 27 heavy (non-hydrogen) atoms. The summed E-state index contributed by atoms with van der Waals surface area (Å²) in [7, 11) is 0. The average Bonchev–Trinajstić information content (AvgIpc) is 3.19. The summed E-state index contributed by atoms with van der Waals surface area (Å²) in [6.45, 7) is 6.17. The Kier molecular flexibility index (Phi) is 6.09. The van der Waals surface area contributed by atoms with Gasteiger partial charge < -0.3 is 14.5 Å². The maximum atomic E-state index is 12.6. The lowest BCUT2D eigenvalue weighted by Crippen LogP contribution is -2.38. The van der Waals surface area contributed by atoms with Crippen molar-refractivity contribution in [1.29, 1.82) is 0 Å². The number of carbonyl (C=O) groups is 2. The van der Waals surface area contributed by atoms with Crippen LogP contribution >= 0.6 is 11.8 Å². The van der Waals surface area contributed by atoms with Gasteiger partial charge in [-0.05, 0) is 37.8 Å². The molecule has 1 fully saturated rings. The van der Waals surface area contributed by atoms with Gasteiger partial charge in [-0.25, -0.2) is 4.98 Å². The number of thioether (sulfide) groups is 1. The predicted molar refractivity (Wildman–Crippen MR) is 104 cm³/mol. The van der Waals surface area contributed by atoms with Crippen molar-refractivity contribution >= 4 is 34.7 Å². The number of carbonyl (C=O) groups excluding carboxylic acids is 2. The van der Waals surface area contributed by atoms with Crippen LogP contribution in [0.25, 0.3) is 11.0 Å². The predicted octanol–water partition coefficient (Wildman–Crippen LogP) is 3.96. The number of rotatable bonds is 8. The van der Waals surface area contributed by atoms with Crippen molar-refractivity contribution in [3.63, 3.8) is 0 Å². The quantitative estimate of drug-likeness (QED) is 0.417. The summed E-state index contributed by atoms with van der Waals surface area (Å²) in [6, 6.07) is 7.82. The number of hydrogen-bond acceptors (Lipinski definition) is 6. The van der Waals surface area contributed by atoms with E-state index in [1.807, 2.05) is 24.3 Å². The van der Waals surface area contributed by atoms with Crippen LogP contribution in [-0.2, 0) is 19.1 Å².